The van der Waals surface area contributed by atoms with Crippen LogP contribution in [-0.4, -0.2) is 64.7 Å². The second-order valence-corrected chi connectivity index (χ2v) is 16.6. The van der Waals surface area contributed by atoms with E-state index in [2.05, 4.69) is 65.2 Å². The first kappa shape index (κ1) is 42.6. The molecule has 0 bridgehead atoms. The van der Waals surface area contributed by atoms with Crippen molar-refractivity contribution < 1.29 is 64.5 Å². The van der Waals surface area contributed by atoms with Crippen molar-refractivity contribution in [1.29, 1.82) is 0 Å². The normalized spacial score (nSPS) is 11.8. The molecular formula is C33H23ClN13NaO8S3. The third-order valence-electron chi connectivity index (χ3n) is 7.59. The van der Waals surface area contributed by atoms with E-state index in [0.29, 0.717) is 5.69 Å². The second-order valence-electron chi connectivity index (χ2n) is 11.5. The Kier molecular flexibility index (Phi) is 12.6. The van der Waals surface area contributed by atoms with Gasteiger partial charge in [0.1, 0.15) is 4.90 Å². The SMILES string of the molecule is O=S(=O)(O)c1cc2cc(Nc3nc(Cl)nc(Nc4ccc(S(=O)(=O)Nc5ncccn5)cc4)n3)ccc2c([O-])c1N=Nc1ccc(S(=O)(=O)Nc2ncccn2)cc1.[Na+]. The van der Waals surface area contributed by atoms with Crippen molar-refractivity contribution in [2.24, 2.45) is 10.2 Å². The first-order chi connectivity index (χ1) is 27.6. The minimum atomic E-state index is -5.02. The van der Waals surface area contributed by atoms with E-state index >= 15 is 0 Å². The fourth-order valence-electron chi connectivity index (χ4n) is 5.01. The number of sulfonamides is 2. The number of fused-ring (bicyclic) bond motifs is 1. The number of halogens is 1. The van der Waals surface area contributed by atoms with Crippen molar-refractivity contribution in [3.05, 3.63) is 115 Å². The van der Waals surface area contributed by atoms with E-state index < -0.39 is 46.5 Å². The van der Waals surface area contributed by atoms with Crippen LogP contribution in [0.15, 0.2) is 135 Å². The number of rotatable bonds is 13. The van der Waals surface area contributed by atoms with Gasteiger partial charge in [0.25, 0.3) is 30.2 Å². The van der Waals surface area contributed by atoms with Gasteiger partial charge in [-0.2, -0.15) is 28.5 Å². The molecule has 21 nitrogen and oxygen atoms in total. The molecule has 0 fully saturated rings. The number of hydrogen-bond donors (Lipinski definition) is 5. The summed E-state index contributed by atoms with van der Waals surface area (Å²) in [6.07, 6.45) is 5.50. The van der Waals surface area contributed by atoms with Crippen LogP contribution in [0.25, 0.3) is 10.8 Å². The molecule has 0 aliphatic carbocycles. The molecule has 4 aromatic carbocycles. The Balaban J connectivity index is 0.00000585. The quantitative estimate of drug-likeness (QED) is 0.0629. The zero-order valence-corrected chi connectivity index (χ0v) is 35.0. The number of anilines is 6. The summed E-state index contributed by atoms with van der Waals surface area (Å²) in [5.41, 5.74) is 0.0156. The van der Waals surface area contributed by atoms with Crippen LogP contribution in [0.5, 0.6) is 5.75 Å². The molecule has 0 spiro atoms. The first-order valence-electron chi connectivity index (χ1n) is 16.1. The Morgan fingerprint density at radius 1 is 0.610 bits per heavy atom. The average Bonchev–Trinajstić information content (AvgIpc) is 3.18. The maximum absolute atomic E-state index is 13.5. The van der Waals surface area contributed by atoms with E-state index in [1.165, 1.54) is 97.6 Å². The van der Waals surface area contributed by atoms with Gasteiger partial charge in [0, 0.05) is 36.2 Å². The Bertz CT molecular complexity index is 3030. The maximum Gasteiger partial charge on any atom is 1.00 e. The Labute approximate surface area is 361 Å². The number of nitrogens with one attached hydrogen (secondary N) is 4. The Hall–Kier alpha value is -5.99. The van der Waals surface area contributed by atoms with Crippen LogP contribution in [0, 0.1) is 0 Å². The van der Waals surface area contributed by atoms with Gasteiger partial charge in [-0.1, -0.05) is 11.8 Å². The van der Waals surface area contributed by atoms with Gasteiger partial charge in [-0.25, -0.2) is 46.2 Å². The molecular weight excluding hydrogens is 861 g/mol. The van der Waals surface area contributed by atoms with E-state index in [-0.39, 0.29) is 90.6 Å². The Morgan fingerprint density at radius 2 is 1.10 bits per heavy atom. The standard InChI is InChI=1S/C33H24ClN13O8S3.Na/c34-29-41-32(39-20-3-8-23(9-4-20)56(49,50)46-30-35-13-1-14-36-30)43-33(42-29)40-22-7-12-25-19(17-22)18-26(58(53,54)55)27(28(25)48)45-44-21-5-10-24(11-6-21)57(51,52)47-31-37-15-2-16-38-31;/h1-18,48H,(H,35,36,46)(H,37,38,47)(H,53,54,55)(H2,39,40,41,42,43);/q;+1/p-1. The van der Waals surface area contributed by atoms with Gasteiger partial charge in [0.15, 0.2) is 0 Å². The molecule has 0 saturated carbocycles. The van der Waals surface area contributed by atoms with E-state index in [1.54, 1.807) is 6.07 Å². The number of azo groups is 1. The van der Waals surface area contributed by atoms with Gasteiger partial charge in [-0.3, -0.25) is 4.55 Å². The number of nitrogens with zero attached hydrogens (tertiary/aromatic N) is 9. The predicted octanol–water partition coefficient (Wildman–Crippen LogP) is 2.09. The van der Waals surface area contributed by atoms with Crippen LogP contribution < -0.4 is 54.7 Å². The summed E-state index contributed by atoms with van der Waals surface area (Å²) >= 11 is 6.15. The van der Waals surface area contributed by atoms with E-state index in [4.69, 9.17) is 11.6 Å². The van der Waals surface area contributed by atoms with Crippen molar-refractivity contribution in [2.75, 3.05) is 20.1 Å². The average molecular weight is 884 g/mol. The molecule has 59 heavy (non-hydrogen) atoms. The van der Waals surface area contributed by atoms with Crippen LogP contribution in [0.2, 0.25) is 5.28 Å². The van der Waals surface area contributed by atoms with Gasteiger partial charge >= 0.3 is 29.6 Å². The van der Waals surface area contributed by atoms with Crippen LogP contribution in [-0.2, 0) is 30.2 Å². The molecule has 0 amide bonds. The zero-order chi connectivity index (χ0) is 41.1. The van der Waals surface area contributed by atoms with Crippen LogP contribution >= 0.6 is 11.6 Å². The van der Waals surface area contributed by atoms with Crippen molar-refractivity contribution in [2.45, 2.75) is 14.7 Å². The van der Waals surface area contributed by atoms with Crippen LogP contribution in [0.1, 0.15) is 0 Å². The molecule has 0 radical (unpaired) electrons. The summed E-state index contributed by atoms with van der Waals surface area (Å²) in [5, 5.41) is 26.9. The molecule has 0 aliphatic heterocycles. The monoisotopic (exact) mass is 883 g/mol. The van der Waals surface area contributed by atoms with Crippen molar-refractivity contribution in [3.8, 4) is 5.75 Å². The maximum atomic E-state index is 13.5. The minimum Gasteiger partial charge on any atom is -0.871 e. The molecule has 5 N–H and O–H groups in total. The van der Waals surface area contributed by atoms with E-state index in [0.717, 1.165) is 6.07 Å². The van der Waals surface area contributed by atoms with Gasteiger partial charge in [0.2, 0.25) is 29.1 Å². The molecule has 0 unspecified atom stereocenters. The second kappa shape index (κ2) is 17.5. The third-order valence-corrected chi connectivity index (χ3v) is 11.3. The number of aromatic nitrogens is 7. The van der Waals surface area contributed by atoms with E-state index in [9.17, 15) is 34.9 Å². The molecule has 3 heterocycles. The predicted molar refractivity (Wildman–Crippen MR) is 207 cm³/mol. The molecule has 0 atom stereocenters. The van der Waals surface area contributed by atoms with Gasteiger partial charge in [-0.15, -0.1) is 5.11 Å². The molecule has 3 aromatic heterocycles. The molecule has 294 valence electrons. The zero-order valence-electron chi connectivity index (χ0n) is 29.8. The third kappa shape index (κ3) is 10.4. The van der Waals surface area contributed by atoms with Gasteiger partial charge < -0.3 is 15.7 Å². The largest absolute Gasteiger partial charge is 1.00 e. The molecule has 7 rings (SSSR count). The van der Waals surface area contributed by atoms with Crippen molar-refractivity contribution >= 4 is 99.1 Å². The van der Waals surface area contributed by atoms with Gasteiger partial charge in [0.05, 0.1) is 21.2 Å². The van der Waals surface area contributed by atoms with Crippen molar-refractivity contribution in [1.82, 2.24) is 34.9 Å². The summed E-state index contributed by atoms with van der Waals surface area (Å²) in [7, 11) is -13.1. The summed E-state index contributed by atoms with van der Waals surface area (Å²) in [5.74, 6) is -1.23. The van der Waals surface area contributed by atoms with Crippen molar-refractivity contribution in [3.63, 3.8) is 0 Å². The fourth-order valence-corrected chi connectivity index (χ4v) is 7.74. The molecule has 7 aromatic rings. The molecule has 26 heteroatoms. The van der Waals surface area contributed by atoms with Crippen LogP contribution in [0.4, 0.5) is 46.5 Å². The minimum absolute atomic E-state index is 0. The Morgan fingerprint density at radius 3 is 1.63 bits per heavy atom. The first-order valence-corrected chi connectivity index (χ1v) is 20.8. The van der Waals surface area contributed by atoms with Gasteiger partial charge in [-0.05, 0) is 101 Å². The fraction of sp³-hybridized carbons (Fsp3) is 0. The number of hydrogen-bond acceptors (Lipinski definition) is 18. The van der Waals surface area contributed by atoms with Crippen LogP contribution in [0.3, 0.4) is 0 Å². The smallest absolute Gasteiger partial charge is 0.871 e. The summed E-state index contributed by atoms with van der Waals surface area (Å²) < 4.78 is 90.2. The molecule has 0 aliphatic rings. The summed E-state index contributed by atoms with van der Waals surface area (Å²) in [4.78, 5) is 26.6. The summed E-state index contributed by atoms with van der Waals surface area (Å²) in [6, 6.07) is 18.8. The molecule has 0 saturated heterocycles. The topological polar surface area (TPSA) is 309 Å². The summed E-state index contributed by atoms with van der Waals surface area (Å²) in [6.45, 7) is 0. The number of benzene rings is 4. The van der Waals surface area contributed by atoms with E-state index in [1.807, 2.05) is 0 Å².